The quantitative estimate of drug-likeness (QED) is 0.356. The number of hydrogen-bond donors (Lipinski definition) is 3. The van der Waals surface area contributed by atoms with E-state index in [1.807, 2.05) is 18.2 Å². The zero-order chi connectivity index (χ0) is 27.6. The number of nitrogens with zero attached hydrogens (tertiary/aromatic N) is 2. The highest BCUT2D eigenvalue weighted by molar-refractivity contribution is 5.81. The van der Waals surface area contributed by atoms with Crippen molar-refractivity contribution in [2.24, 2.45) is 5.92 Å². The highest BCUT2D eigenvalue weighted by atomic mass is 16.5. The van der Waals surface area contributed by atoms with Gasteiger partial charge in [0.2, 0.25) is 0 Å². The predicted octanol–water partition coefficient (Wildman–Crippen LogP) is 3.84. The number of imidazole rings is 1. The molecule has 2 aliphatic rings. The number of fused-ring (bicyclic) bond motifs is 1. The predicted molar refractivity (Wildman–Crippen MR) is 149 cm³/mol. The number of aromatic nitrogens is 3. The standard InChI is InChI=1S/C30H40N4O5/c1-19-14-22(17-32-28(19)35)27-33-24-15-21(8-9-25(24)34(27)18-20-10-12-38-13-11-20)16-31-26(30(2,3)37)29(36)39-23-6-4-5-7-23/h8-9,14-15,17,20,23,26,31,37H,4-7,10-13,16,18H2,1-3H3,(H,32,35)/t26-/m1/s1. The molecule has 3 N–H and O–H groups in total. The Morgan fingerprint density at radius 2 is 1.97 bits per heavy atom. The van der Waals surface area contributed by atoms with Crippen molar-refractivity contribution < 1.29 is 19.4 Å². The van der Waals surface area contributed by atoms with Gasteiger partial charge in [-0.1, -0.05) is 6.07 Å². The van der Waals surface area contributed by atoms with E-state index in [0.29, 0.717) is 18.0 Å². The number of ether oxygens (including phenoxy) is 2. The molecule has 0 amide bonds. The summed E-state index contributed by atoms with van der Waals surface area (Å²) in [5.41, 5.74) is 2.94. The Morgan fingerprint density at radius 1 is 1.23 bits per heavy atom. The number of carbonyl (C=O) groups is 1. The second-order valence-corrected chi connectivity index (χ2v) is 11.6. The largest absolute Gasteiger partial charge is 0.461 e. The number of nitrogens with one attached hydrogen (secondary N) is 2. The van der Waals surface area contributed by atoms with Crippen LogP contribution in [0, 0.1) is 12.8 Å². The van der Waals surface area contributed by atoms with E-state index in [1.165, 1.54) is 0 Å². The molecule has 2 aromatic heterocycles. The van der Waals surface area contributed by atoms with E-state index in [0.717, 1.165) is 86.3 Å². The number of H-pyrrole nitrogens is 1. The van der Waals surface area contributed by atoms with E-state index in [2.05, 4.69) is 20.9 Å². The molecule has 1 aromatic carbocycles. The van der Waals surface area contributed by atoms with Gasteiger partial charge in [-0.05, 0) is 89.0 Å². The lowest BCUT2D eigenvalue weighted by molar-refractivity contribution is -0.157. The van der Waals surface area contributed by atoms with Crippen LogP contribution in [-0.4, -0.2) is 56.6 Å². The zero-order valence-electron chi connectivity index (χ0n) is 23.2. The van der Waals surface area contributed by atoms with Gasteiger partial charge in [0, 0.05) is 43.6 Å². The Kier molecular flexibility index (Phi) is 8.21. The van der Waals surface area contributed by atoms with Crippen molar-refractivity contribution in [2.45, 2.75) is 90.1 Å². The summed E-state index contributed by atoms with van der Waals surface area (Å²) in [6, 6.07) is 7.15. The minimum Gasteiger partial charge on any atom is -0.461 e. The topological polar surface area (TPSA) is 118 Å². The number of aromatic amines is 1. The van der Waals surface area contributed by atoms with Crippen molar-refractivity contribution >= 4 is 17.0 Å². The molecule has 3 aromatic rings. The first-order chi connectivity index (χ1) is 18.7. The number of carbonyl (C=O) groups excluding carboxylic acids is 1. The number of esters is 1. The van der Waals surface area contributed by atoms with Gasteiger partial charge in [0.1, 0.15) is 18.0 Å². The number of rotatable bonds is 9. The maximum absolute atomic E-state index is 12.9. The molecule has 9 nitrogen and oxygen atoms in total. The van der Waals surface area contributed by atoms with Crippen molar-refractivity contribution in [3.63, 3.8) is 0 Å². The summed E-state index contributed by atoms with van der Waals surface area (Å²) < 4.78 is 13.5. The summed E-state index contributed by atoms with van der Waals surface area (Å²) in [7, 11) is 0. The Balaban J connectivity index is 1.41. The molecular formula is C30H40N4O5. The van der Waals surface area contributed by atoms with Crippen molar-refractivity contribution in [3.05, 3.63) is 51.9 Å². The Hall–Kier alpha value is -3.01. The first-order valence-electron chi connectivity index (χ1n) is 14.1. The molecule has 0 unspecified atom stereocenters. The number of pyridine rings is 1. The van der Waals surface area contributed by atoms with Crippen LogP contribution >= 0.6 is 0 Å². The molecule has 1 saturated carbocycles. The van der Waals surface area contributed by atoms with Crippen LogP contribution in [0.4, 0.5) is 0 Å². The second-order valence-electron chi connectivity index (χ2n) is 11.6. The van der Waals surface area contributed by atoms with E-state index >= 15 is 0 Å². The molecule has 0 spiro atoms. The van der Waals surface area contributed by atoms with Gasteiger partial charge < -0.3 is 24.1 Å². The van der Waals surface area contributed by atoms with Crippen molar-refractivity contribution in [3.8, 4) is 11.4 Å². The Labute approximate surface area is 228 Å². The molecule has 210 valence electrons. The van der Waals surface area contributed by atoms with Crippen molar-refractivity contribution in [2.75, 3.05) is 13.2 Å². The lowest BCUT2D eigenvalue weighted by atomic mass is 9.98. The Bertz CT molecular complexity index is 1360. The lowest BCUT2D eigenvalue weighted by Gasteiger charge is -2.29. The number of benzene rings is 1. The normalized spacial score (nSPS) is 18.1. The molecule has 2 fully saturated rings. The van der Waals surface area contributed by atoms with Gasteiger partial charge in [-0.2, -0.15) is 0 Å². The molecule has 1 aliphatic carbocycles. The number of hydrogen-bond acceptors (Lipinski definition) is 7. The van der Waals surface area contributed by atoms with Crippen LogP contribution in [0.2, 0.25) is 0 Å². The molecule has 0 radical (unpaired) electrons. The molecule has 0 bridgehead atoms. The summed E-state index contributed by atoms with van der Waals surface area (Å²) in [6.07, 6.45) is 7.57. The zero-order valence-corrected chi connectivity index (χ0v) is 23.2. The van der Waals surface area contributed by atoms with Crippen LogP contribution in [0.1, 0.15) is 63.5 Å². The van der Waals surface area contributed by atoms with Crippen molar-refractivity contribution in [1.29, 1.82) is 0 Å². The van der Waals surface area contributed by atoms with Gasteiger partial charge in [0.15, 0.2) is 0 Å². The maximum atomic E-state index is 12.9. The minimum atomic E-state index is -1.28. The summed E-state index contributed by atoms with van der Waals surface area (Å²) in [4.78, 5) is 32.8. The van der Waals surface area contributed by atoms with Gasteiger partial charge in [-0.15, -0.1) is 0 Å². The van der Waals surface area contributed by atoms with E-state index < -0.39 is 17.6 Å². The first-order valence-corrected chi connectivity index (χ1v) is 14.1. The molecule has 39 heavy (non-hydrogen) atoms. The SMILES string of the molecule is Cc1cc(-c2nc3cc(CN[C@H](C(=O)OC4CCCC4)C(C)(C)O)ccc3n2CC2CCOCC2)c[nH]c1=O. The third kappa shape index (κ3) is 6.42. The fraction of sp³-hybridized carbons (Fsp3) is 0.567. The van der Waals surface area contributed by atoms with Crippen LogP contribution < -0.4 is 10.9 Å². The Morgan fingerprint density at radius 3 is 2.67 bits per heavy atom. The van der Waals surface area contributed by atoms with Crippen LogP contribution in [0.25, 0.3) is 22.4 Å². The molecule has 1 saturated heterocycles. The molecule has 9 heteroatoms. The van der Waals surface area contributed by atoms with Crippen LogP contribution in [0.3, 0.4) is 0 Å². The van der Waals surface area contributed by atoms with Crippen LogP contribution in [0.15, 0.2) is 35.3 Å². The smallest absolute Gasteiger partial charge is 0.326 e. The average Bonchev–Trinajstić information content (AvgIpc) is 3.53. The number of aryl methyl sites for hydroxylation is 1. The van der Waals surface area contributed by atoms with Gasteiger partial charge in [-0.25, -0.2) is 4.98 Å². The molecule has 5 rings (SSSR count). The highest BCUT2D eigenvalue weighted by Crippen LogP contribution is 2.29. The van der Waals surface area contributed by atoms with Gasteiger partial charge >= 0.3 is 5.97 Å². The fourth-order valence-electron chi connectivity index (χ4n) is 5.68. The van der Waals surface area contributed by atoms with Gasteiger partial charge in [0.25, 0.3) is 5.56 Å². The second kappa shape index (κ2) is 11.6. The van der Waals surface area contributed by atoms with Crippen LogP contribution in [-0.2, 0) is 27.4 Å². The first kappa shape index (κ1) is 27.6. The summed E-state index contributed by atoms with van der Waals surface area (Å²) in [5.74, 6) is 0.890. The molecule has 1 atom stereocenters. The van der Waals surface area contributed by atoms with E-state index in [-0.39, 0.29) is 11.7 Å². The third-order valence-corrected chi connectivity index (χ3v) is 7.98. The number of aliphatic hydroxyl groups is 1. The van der Waals surface area contributed by atoms with E-state index in [1.54, 1.807) is 27.0 Å². The van der Waals surface area contributed by atoms with E-state index in [4.69, 9.17) is 14.5 Å². The summed E-state index contributed by atoms with van der Waals surface area (Å²) >= 11 is 0. The lowest BCUT2D eigenvalue weighted by Crippen LogP contribution is -2.53. The monoisotopic (exact) mass is 536 g/mol. The minimum absolute atomic E-state index is 0.0600. The summed E-state index contributed by atoms with van der Waals surface area (Å²) in [5, 5.41) is 14.0. The molecular weight excluding hydrogens is 496 g/mol. The maximum Gasteiger partial charge on any atom is 0.326 e. The highest BCUT2D eigenvalue weighted by Gasteiger charge is 2.36. The molecule has 1 aliphatic heterocycles. The fourth-order valence-corrected chi connectivity index (χ4v) is 5.68. The molecule has 3 heterocycles. The van der Waals surface area contributed by atoms with E-state index in [9.17, 15) is 14.7 Å². The third-order valence-electron chi connectivity index (χ3n) is 7.98. The summed E-state index contributed by atoms with van der Waals surface area (Å²) in [6.45, 7) is 7.79. The van der Waals surface area contributed by atoms with Crippen molar-refractivity contribution in [1.82, 2.24) is 19.9 Å². The van der Waals surface area contributed by atoms with Crippen LogP contribution in [0.5, 0.6) is 0 Å². The average molecular weight is 537 g/mol. The van der Waals surface area contributed by atoms with Gasteiger partial charge in [0.05, 0.1) is 16.6 Å². The van der Waals surface area contributed by atoms with Gasteiger partial charge in [-0.3, -0.25) is 14.9 Å².